The van der Waals surface area contributed by atoms with Crippen molar-refractivity contribution >= 4 is 6.09 Å². The molecular formula is C15H23NO3. The highest BCUT2D eigenvalue weighted by Gasteiger charge is 2.10. The number of nitrogens with one attached hydrogen (secondary N) is 1. The smallest absolute Gasteiger partial charge is 0.407 e. The third-order valence-corrected chi connectivity index (χ3v) is 2.76. The van der Waals surface area contributed by atoms with Gasteiger partial charge in [0.15, 0.2) is 0 Å². The fourth-order valence-corrected chi connectivity index (χ4v) is 1.63. The summed E-state index contributed by atoms with van der Waals surface area (Å²) in [4.78, 5) is 11.5. The van der Waals surface area contributed by atoms with Crippen LogP contribution in [-0.4, -0.2) is 19.3 Å². The topological polar surface area (TPSA) is 47.6 Å². The van der Waals surface area contributed by atoms with Gasteiger partial charge in [-0.2, -0.15) is 0 Å². The molecule has 1 aromatic carbocycles. The molecule has 1 amide bonds. The van der Waals surface area contributed by atoms with E-state index in [1.165, 1.54) is 0 Å². The van der Waals surface area contributed by atoms with Gasteiger partial charge < -0.3 is 14.8 Å². The van der Waals surface area contributed by atoms with Crippen LogP contribution in [0.5, 0.6) is 5.75 Å². The number of hydrogen-bond donors (Lipinski definition) is 1. The van der Waals surface area contributed by atoms with E-state index < -0.39 is 0 Å². The summed E-state index contributed by atoms with van der Waals surface area (Å²) in [6.45, 7) is 7.06. The van der Waals surface area contributed by atoms with Gasteiger partial charge in [-0.05, 0) is 38.0 Å². The van der Waals surface area contributed by atoms with Crippen molar-refractivity contribution in [3.8, 4) is 5.75 Å². The number of ether oxygens (including phenoxy) is 2. The molecule has 0 saturated carbocycles. The molecule has 4 heteroatoms. The Bertz CT molecular complexity index is 375. The van der Waals surface area contributed by atoms with E-state index in [9.17, 15) is 4.79 Å². The molecular weight excluding hydrogens is 242 g/mol. The van der Waals surface area contributed by atoms with Gasteiger partial charge in [0.05, 0.1) is 19.3 Å². The van der Waals surface area contributed by atoms with Gasteiger partial charge in [-0.3, -0.25) is 0 Å². The molecule has 1 aromatic rings. The minimum absolute atomic E-state index is 0.0789. The highest BCUT2D eigenvalue weighted by Crippen LogP contribution is 2.17. The molecule has 0 heterocycles. The normalized spacial score (nSPS) is 11.7. The lowest BCUT2D eigenvalue weighted by Gasteiger charge is -2.14. The lowest BCUT2D eigenvalue weighted by molar-refractivity contribution is 0.141. The van der Waals surface area contributed by atoms with E-state index in [4.69, 9.17) is 9.47 Å². The van der Waals surface area contributed by atoms with Gasteiger partial charge in [0.25, 0.3) is 0 Å². The third kappa shape index (κ3) is 5.64. The summed E-state index contributed by atoms with van der Waals surface area (Å²) in [6, 6.07) is 7.62. The average molecular weight is 265 g/mol. The molecule has 4 nitrogen and oxygen atoms in total. The summed E-state index contributed by atoms with van der Waals surface area (Å²) in [7, 11) is 0. The van der Waals surface area contributed by atoms with Crippen molar-refractivity contribution in [1.29, 1.82) is 0 Å². The summed E-state index contributed by atoms with van der Waals surface area (Å²) >= 11 is 0. The van der Waals surface area contributed by atoms with Gasteiger partial charge in [0.2, 0.25) is 0 Å². The lowest BCUT2D eigenvalue weighted by Crippen LogP contribution is -2.27. The summed E-state index contributed by atoms with van der Waals surface area (Å²) in [5.74, 6) is 0.837. The van der Waals surface area contributed by atoms with Crippen molar-refractivity contribution in [2.75, 3.05) is 13.2 Å². The molecule has 0 aliphatic carbocycles. The minimum Gasteiger partial charge on any atom is -0.494 e. The highest BCUT2D eigenvalue weighted by molar-refractivity contribution is 5.67. The molecule has 0 fully saturated rings. The number of benzene rings is 1. The van der Waals surface area contributed by atoms with Crippen molar-refractivity contribution in [3.05, 3.63) is 29.8 Å². The van der Waals surface area contributed by atoms with Crippen LogP contribution >= 0.6 is 0 Å². The van der Waals surface area contributed by atoms with Crippen LogP contribution in [0.25, 0.3) is 0 Å². The van der Waals surface area contributed by atoms with Crippen LogP contribution < -0.4 is 10.1 Å². The Morgan fingerprint density at radius 1 is 1.26 bits per heavy atom. The second-order valence-electron chi connectivity index (χ2n) is 4.36. The Morgan fingerprint density at radius 3 is 2.53 bits per heavy atom. The number of carbonyl (C=O) groups excluding carboxylic acids is 1. The van der Waals surface area contributed by atoms with Gasteiger partial charge in [0.1, 0.15) is 5.75 Å². The molecule has 0 aliphatic heterocycles. The van der Waals surface area contributed by atoms with Crippen LogP contribution in [0, 0.1) is 0 Å². The fourth-order valence-electron chi connectivity index (χ4n) is 1.63. The molecule has 0 bridgehead atoms. The molecule has 0 aliphatic rings. The fraction of sp³-hybridized carbons (Fsp3) is 0.533. The molecule has 0 saturated heterocycles. The van der Waals surface area contributed by atoms with Crippen molar-refractivity contribution in [2.24, 2.45) is 0 Å². The predicted molar refractivity (Wildman–Crippen MR) is 75.4 cm³/mol. The zero-order valence-electron chi connectivity index (χ0n) is 11.9. The van der Waals surface area contributed by atoms with Gasteiger partial charge in [-0.15, -0.1) is 0 Å². The largest absolute Gasteiger partial charge is 0.494 e. The number of amides is 1. The van der Waals surface area contributed by atoms with Gasteiger partial charge in [-0.25, -0.2) is 4.79 Å². The van der Waals surface area contributed by atoms with Crippen LogP contribution in [0.2, 0.25) is 0 Å². The molecule has 106 valence electrons. The first-order valence-electron chi connectivity index (χ1n) is 6.83. The molecule has 0 spiro atoms. The molecule has 1 atom stereocenters. The first-order valence-corrected chi connectivity index (χ1v) is 6.83. The maximum Gasteiger partial charge on any atom is 0.407 e. The molecule has 1 N–H and O–H groups in total. The number of alkyl carbamates (subject to hydrolysis) is 1. The Kier molecular flexibility index (Phi) is 6.79. The van der Waals surface area contributed by atoms with E-state index in [2.05, 4.69) is 12.2 Å². The first-order chi connectivity index (χ1) is 9.17. The van der Waals surface area contributed by atoms with Gasteiger partial charge >= 0.3 is 6.09 Å². The standard InChI is InChI=1S/C15H23NO3/c1-4-6-11-19-15(17)16-12(3)13-7-9-14(10-8-13)18-5-2/h7-10,12H,4-6,11H2,1-3H3,(H,16,17). The molecule has 19 heavy (non-hydrogen) atoms. The first kappa shape index (κ1) is 15.3. The van der Waals surface area contributed by atoms with Crippen LogP contribution in [0.4, 0.5) is 4.79 Å². The molecule has 0 radical (unpaired) electrons. The second-order valence-corrected chi connectivity index (χ2v) is 4.36. The molecule has 1 rings (SSSR count). The molecule has 0 aromatic heterocycles. The molecule has 1 unspecified atom stereocenters. The zero-order valence-corrected chi connectivity index (χ0v) is 11.9. The number of carbonyl (C=O) groups is 1. The SMILES string of the molecule is CCCCOC(=O)NC(C)c1ccc(OCC)cc1. The van der Waals surface area contributed by atoms with Gasteiger partial charge in [-0.1, -0.05) is 25.5 Å². The van der Waals surface area contributed by atoms with E-state index in [0.29, 0.717) is 13.2 Å². The maximum atomic E-state index is 11.5. The number of hydrogen-bond acceptors (Lipinski definition) is 3. The van der Waals surface area contributed by atoms with Crippen LogP contribution in [-0.2, 0) is 4.74 Å². The van der Waals surface area contributed by atoms with E-state index in [-0.39, 0.29) is 12.1 Å². The Hall–Kier alpha value is -1.71. The summed E-state index contributed by atoms with van der Waals surface area (Å²) < 4.78 is 10.4. The predicted octanol–water partition coefficient (Wildman–Crippen LogP) is 3.67. The summed E-state index contributed by atoms with van der Waals surface area (Å²) in [6.07, 6.45) is 1.54. The Labute approximate surface area is 115 Å². The zero-order chi connectivity index (χ0) is 14.1. The van der Waals surface area contributed by atoms with E-state index in [1.54, 1.807) is 0 Å². The summed E-state index contributed by atoms with van der Waals surface area (Å²) in [5.41, 5.74) is 1.02. The van der Waals surface area contributed by atoms with E-state index >= 15 is 0 Å². The van der Waals surface area contributed by atoms with Crippen molar-refractivity contribution in [1.82, 2.24) is 5.32 Å². The van der Waals surface area contributed by atoms with Crippen molar-refractivity contribution < 1.29 is 14.3 Å². The highest BCUT2D eigenvalue weighted by atomic mass is 16.5. The minimum atomic E-state index is -0.366. The van der Waals surface area contributed by atoms with Gasteiger partial charge in [0, 0.05) is 0 Å². The average Bonchev–Trinajstić information content (AvgIpc) is 2.40. The van der Waals surface area contributed by atoms with E-state index in [0.717, 1.165) is 24.2 Å². The van der Waals surface area contributed by atoms with Crippen molar-refractivity contribution in [2.45, 2.75) is 39.7 Å². The van der Waals surface area contributed by atoms with Crippen LogP contribution in [0.1, 0.15) is 45.2 Å². The third-order valence-electron chi connectivity index (χ3n) is 2.76. The van der Waals surface area contributed by atoms with Crippen LogP contribution in [0.15, 0.2) is 24.3 Å². The Morgan fingerprint density at radius 2 is 1.95 bits per heavy atom. The maximum absolute atomic E-state index is 11.5. The number of rotatable bonds is 7. The van der Waals surface area contributed by atoms with Crippen molar-refractivity contribution in [3.63, 3.8) is 0 Å². The van der Waals surface area contributed by atoms with E-state index in [1.807, 2.05) is 38.1 Å². The van der Waals surface area contributed by atoms with Crippen LogP contribution in [0.3, 0.4) is 0 Å². The monoisotopic (exact) mass is 265 g/mol. The Balaban J connectivity index is 2.43. The quantitative estimate of drug-likeness (QED) is 0.765. The second kappa shape index (κ2) is 8.40. The number of unbranched alkanes of at least 4 members (excludes halogenated alkanes) is 1. The lowest BCUT2D eigenvalue weighted by atomic mass is 10.1. The summed E-state index contributed by atoms with van der Waals surface area (Å²) in [5, 5.41) is 2.80.